The molecule has 0 amide bonds. The molecule has 140 valence electrons. The zero-order valence-corrected chi connectivity index (χ0v) is 15.1. The van der Waals surface area contributed by atoms with Crippen LogP contribution in [-0.4, -0.2) is 47.5 Å². The summed E-state index contributed by atoms with van der Waals surface area (Å²) < 4.78 is 15.7. The lowest BCUT2D eigenvalue weighted by molar-refractivity contribution is -0.0622. The average molecular weight is 361 g/mol. The Kier molecular flexibility index (Phi) is 7.41. The van der Waals surface area contributed by atoms with Gasteiger partial charge in [0, 0.05) is 23.9 Å². The second-order valence-corrected chi connectivity index (χ2v) is 5.86. The van der Waals surface area contributed by atoms with Crippen molar-refractivity contribution in [3.05, 3.63) is 42.2 Å². The van der Waals surface area contributed by atoms with Gasteiger partial charge in [0.2, 0.25) is 0 Å². The average Bonchev–Trinajstić information content (AvgIpc) is 2.65. The van der Waals surface area contributed by atoms with E-state index in [2.05, 4.69) is 9.64 Å². The van der Waals surface area contributed by atoms with Crippen molar-refractivity contribution in [1.82, 2.24) is 4.98 Å². The van der Waals surface area contributed by atoms with Crippen LogP contribution in [0.3, 0.4) is 0 Å². The summed E-state index contributed by atoms with van der Waals surface area (Å²) in [5, 5.41) is 27.6. The Hall–Kier alpha value is -2.13. The van der Waals surface area contributed by atoms with E-state index in [1.165, 1.54) is 0 Å². The van der Waals surface area contributed by atoms with E-state index in [0.717, 1.165) is 17.5 Å². The molecule has 26 heavy (non-hydrogen) atoms. The monoisotopic (exact) mass is 361 g/mol. The smallest absolute Gasteiger partial charge is 0.493 e. The van der Waals surface area contributed by atoms with Gasteiger partial charge < -0.3 is 29.3 Å². The third kappa shape index (κ3) is 5.19. The minimum Gasteiger partial charge on any atom is -0.493 e. The topological polar surface area (TPSA) is 101 Å². The molecule has 2 atom stereocenters. The molecule has 0 saturated carbocycles. The maximum atomic E-state index is 9.91. The zero-order chi connectivity index (χ0) is 19.1. The molecule has 0 aliphatic carbocycles. The number of rotatable bonds is 9. The van der Waals surface area contributed by atoms with Crippen LogP contribution in [0.5, 0.6) is 11.5 Å². The summed E-state index contributed by atoms with van der Waals surface area (Å²) in [7, 11) is -0.447. The Morgan fingerprint density at radius 1 is 1.12 bits per heavy atom. The molecular formula is C18H24BNO6. The lowest BCUT2D eigenvalue weighted by Crippen LogP contribution is -2.29. The van der Waals surface area contributed by atoms with Gasteiger partial charge in [-0.2, -0.15) is 0 Å². The quantitative estimate of drug-likeness (QED) is 0.464. The fraction of sp³-hybridized carbons (Fsp3) is 0.389. The second-order valence-electron chi connectivity index (χ2n) is 5.86. The van der Waals surface area contributed by atoms with Crippen LogP contribution in [0.2, 0.25) is 0 Å². The molecule has 0 spiro atoms. The van der Waals surface area contributed by atoms with Gasteiger partial charge in [-0.1, -0.05) is 19.9 Å². The lowest BCUT2D eigenvalue weighted by atomic mass is 9.98. The minimum absolute atomic E-state index is 0.502. The number of methoxy groups -OCH3 is 1. The van der Waals surface area contributed by atoms with Crippen molar-refractivity contribution in [2.75, 3.05) is 13.7 Å². The highest BCUT2D eigenvalue weighted by molar-refractivity contribution is 6.32. The van der Waals surface area contributed by atoms with E-state index >= 15 is 0 Å². The number of aromatic nitrogens is 1. The Balaban J connectivity index is 2.29. The summed E-state index contributed by atoms with van der Waals surface area (Å²) in [5.74, 6) is 0.802. The summed E-state index contributed by atoms with van der Waals surface area (Å²) in [6.45, 7) is 4.32. The van der Waals surface area contributed by atoms with Crippen LogP contribution < -0.4 is 9.47 Å². The first-order chi connectivity index (χ1) is 12.5. The highest BCUT2D eigenvalue weighted by Crippen LogP contribution is 2.33. The number of hydrogen-bond acceptors (Lipinski definition) is 7. The number of aliphatic hydroxyl groups is 1. The Labute approximate surface area is 153 Å². The number of nitrogens with zero attached hydrogens (tertiary/aromatic N) is 1. The predicted molar refractivity (Wildman–Crippen MR) is 97.7 cm³/mol. The predicted octanol–water partition coefficient (Wildman–Crippen LogP) is 1.95. The fourth-order valence-corrected chi connectivity index (χ4v) is 2.45. The molecule has 1 aromatic carbocycles. The van der Waals surface area contributed by atoms with E-state index in [9.17, 15) is 5.11 Å². The fourth-order valence-electron chi connectivity index (χ4n) is 2.45. The van der Waals surface area contributed by atoms with Crippen molar-refractivity contribution < 1.29 is 29.3 Å². The molecule has 1 aromatic heterocycles. The molecule has 8 heteroatoms. The van der Waals surface area contributed by atoms with Gasteiger partial charge >= 0.3 is 7.32 Å². The first kappa shape index (κ1) is 20.2. The van der Waals surface area contributed by atoms with Crippen LogP contribution in [0.25, 0.3) is 11.1 Å². The van der Waals surface area contributed by atoms with Gasteiger partial charge in [0.05, 0.1) is 13.7 Å². The zero-order valence-electron chi connectivity index (χ0n) is 15.1. The molecule has 2 unspecified atom stereocenters. The van der Waals surface area contributed by atoms with E-state index in [4.69, 9.17) is 19.5 Å². The van der Waals surface area contributed by atoms with Crippen molar-refractivity contribution in [1.29, 1.82) is 0 Å². The number of aliphatic hydroxyl groups excluding tert-OH is 1. The van der Waals surface area contributed by atoms with Crippen LogP contribution >= 0.6 is 0 Å². The van der Waals surface area contributed by atoms with E-state index in [0.29, 0.717) is 23.7 Å². The first-order valence-electron chi connectivity index (χ1n) is 8.42. The molecule has 0 saturated heterocycles. The third-order valence-corrected chi connectivity index (χ3v) is 3.93. The van der Waals surface area contributed by atoms with Gasteiger partial charge in [-0.3, -0.25) is 4.98 Å². The van der Waals surface area contributed by atoms with E-state index in [-0.39, 0.29) is 0 Å². The van der Waals surface area contributed by atoms with Crippen molar-refractivity contribution in [3.8, 4) is 22.6 Å². The molecule has 0 bridgehead atoms. The van der Waals surface area contributed by atoms with Crippen LogP contribution in [0.1, 0.15) is 31.7 Å². The van der Waals surface area contributed by atoms with Crippen LogP contribution in [0, 0.1) is 0 Å². The van der Waals surface area contributed by atoms with E-state index in [1.807, 2.05) is 31.2 Å². The maximum absolute atomic E-state index is 9.91. The normalized spacial score (nSPS) is 13.2. The molecule has 7 nitrogen and oxygen atoms in total. The number of pyridine rings is 1. The molecule has 1 heterocycles. The summed E-state index contributed by atoms with van der Waals surface area (Å²) in [6.07, 6.45) is 2.82. The van der Waals surface area contributed by atoms with Crippen molar-refractivity contribution in [2.45, 2.75) is 32.5 Å². The summed E-state index contributed by atoms with van der Waals surface area (Å²) in [4.78, 5) is 4.21. The Morgan fingerprint density at radius 2 is 1.88 bits per heavy atom. The minimum atomic E-state index is -2.04. The summed E-state index contributed by atoms with van der Waals surface area (Å²) in [5.41, 5.74) is 2.41. The van der Waals surface area contributed by atoms with Gasteiger partial charge in [-0.15, -0.1) is 0 Å². The molecule has 2 aromatic rings. The highest BCUT2D eigenvalue weighted by Gasteiger charge is 2.23. The van der Waals surface area contributed by atoms with Crippen molar-refractivity contribution >= 4 is 7.32 Å². The van der Waals surface area contributed by atoms with Crippen LogP contribution in [0.15, 0.2) is 36.7 Å². The van der Waals surface area contributed by atoms with Crippen LogP contribution in [0.4, 0.5) is 0 Å². The van der Waals surface area contributed by atoms with Gasteiger partial charge in [0.15, 0.2) is 17.8 Å². The first-order valence-corrected chi connectivity index (χ1v) is 8.42. The second kappa shape index (κ2) is 9.54. The Bertz CT molecular complexity index is 712. The third-order valence-electron chi connectivity index (χ3n) is 3.93. The molecule has 0 fully saturated rings. The highest BCUT2D eigenvalue weighted by atomic mass is 16.7. The molecule has 0 radical (unpaired) electrons. The summed E-state index contributed by atoms with van der Waals surface area (Å²) in [6, 6.07) is 7.47. The van der Waals surface area contributed by atoms with Crippen molar-refractivity contribution in [3.63, 3.8) is 0 Å². The van der Waals surface area contributed by atoms with Crippen molar-refractivity contribution in [2.24, 2.45) is 0 Å². The van der Waals surface area contributed by atoms with Gasteiger partial charge in [-0.25, -0.2) is 0 Å². The number of ether oxygens (including phenoxy) is 2. The Morgan fingerprint density at radius 3 is 2.54 bits per heavy atom. The van der Waals surface area contributed by atoms with E-state index in [1.54, 1.807) is 26.4 Å². The molecular weight excluding hydrogens is 337 g/mol. The molecule has 0 aliphatic heterocycles. The lowest BCUT2D eigenvalue weighted by Gasteiger charge is -2.20. The SMILES string of the molecule is CCCOc1cc(-c2cncc(C(C)C(O)OB(O)O)c2)ccc1OC. The van der Waals surface area contributed by atoms with Gasteiger partial charge in [0.1, 0.15) is 0 Å². The van der Waals surface area contributed by atoms with Crippen LogP contribution in [-0.2, 0) is 4.65 Å². The summed E-state index contributed by atoms with van der Waals surface area (Å²) >= 11 is 0. The molecule has 3 N–H and O–H groups in total. The van der Waals surface area contributed by atoms with Gasteiger partial charge in [0.25, 0.3) is 0 Å². The van der Waals surface area contributed by atoms with Gasteiger partial charge in [-0.05, 0) is 35.7 Å². The van der Waals surface area contributed by atoms with E-state index < -0.39 is 19.5 Å². The largest absolute Gasteiger partial charge is 0.635 e. The number of hydrogen-bond donors (Lipinski definition) is 3. The molecule has 2 rings (SSSR count). The standard InChI is InChI=1S/C18H24BNO6/c1-4-7-25-17-9-13(5-6-16(17)24-3)15-8-14(10-20-11-15)12(2)18(21)26-19(22)23/h5-6,8-12,18,21-23H,4,7H2,1-3H3. The number of benzene rings is 1. The maximum Gasteiger partial charge on any atom is 0.635 e. The molecule has 0 aliphatic rings.